The second-order valence-electron chi connectivity index (χ2n) is 3.16. The standard InChI is InChI=1S/C11H13N3O2/c1-2-14(8-4-6-12)11(16)10-9(15)5-3-7-13-10/h3,5,7,15H,2,4,8H2,1H3. The van der Waals surface area contributed by atoms with Crippen molar-refractivity contribution in [2.24, 2.45) is 0 Å². The Morgan fingerprint density at radius 2 is 2.44 bits per heavy atom. The van der Waals surface area contributed by atoms with Crippen LogP contribution in [-0.2, 0) is 0 Å². The molecule has 0 saturated heterocycles. The van der Waals surface area contributed by atoms with Crippen molar-refractivity contribution in [3.63, 3.8) is 0 Å². The predicted octanol–water partition coefficient (Wildman–Crippen LogP) is 1.16. The van der Waals surface area contributed by atoms with Crippen molar-refractivity contribution in [3.8, 4) is 11.8 Å². The zero-order valence-corrected chi connectivity index (χ0v) is 9.05. The monoisotopic (exact) mass is 219 g/mol. The summed E-state index contributed by atoms with van der Waals surface area (Å²) in [7, 11) is 0. The number of aromatic nitrogens is 1. The summed E-state index contributed by atoms with van der Waals surface area (Å²) in [6, 6.07) is 4.94. The van der Waals surface area contributed by atoms with Gasteiger partial charge in [-0.3, -0.25) is 4.79 Å². The molecule has 0 aliphatic carbocycles. The normalized spacial score (nSPS) is 9.50. The summed E-state index contributed by atoms with van der Waals surface area (Å²) in [5, 5.41) is 17.9. The molecule has 0 saturated carbocycles. The Kier molecular flexibility index (Phi) is 4.28. The molecule has 1 rings (SSSR count). The molecule has 1 aromatic rings. The van der Waals surface area contributed by atoms with Crippen molar-refractivity contribution in [2.45, 2.75) is 13.3 Å². The van der Waals surface area contributed by atoms with Crippen LogP contribution in [0, 0.1) is 11.3 Å². The van der Waals surface area contributed by atoms with Gasteiger partial charge in [0.2, 0.25) is 0 Å². The highest BCUT2D eigenvalue weighted by Crippen LogP contribution is 2.14. The molecule has 1 N–H and O–H groups in total. The fourth-order valence-electron chi connectivity index (χ4n) is 1.30. The number of carbonyl (C=O) groups excluding carboxylic acids is 1. The van der Waals surface area contributed by atoms with Gasteiger partial charge in [-0.25, -0.2) is 4.98 Å². The summed E-state index contributed by atoms with van der Waals surface area (Å²) in [6.45, 7) is 2.65. The molecule has 0 spiro atoms. The van der Waals surface area contributed by atoms with Gasteiger partial charge in [-0.1, -0.05) is 0 Å². The van der Waals surface area contributed by atoms with Gasteiger partial charge >= 0.3 is 0 Å². The fraction of sp³-hybridized carbons (Fsp3) is 0.364. The second kappa shape index (κ2) is 5.71. The summed E-state index contributed by atoms with van der Waals surface area (Å²) in [5.74, 6) is -0.487. The van der Waals surface area contributed by atoms with E-state index in [4.69, 9.17) is 5.26 Å². The van der Waals surface area contributed by atoms with Gasteiger partial charge in [0.1, 0.15) is 5.75 Å². The minimum absolute atomic E-state index is 0.0299. The molecule has 16 heavy (non-hydrogen) atoms. The Bertz CT molecular complexity index is 412. The van der Waals surface area contributed by atoms with E-state index in [9.17, 15) is 9.90 Å². The van der Waals surface area contributed by atoms with E-state index in [1.54, 1.807) is 6.07 Å². The Balaban J connectivity index is 2.84. The summed E-state index contributed by atoms with van der Waals surface area (Å²) in [6.07, 6.45) is 1.72. The molecule has 0 aliphatic rings. The van der Waals surface area contributed by atoms with Crippen LogP contribution in [0.1, 0.15) is 23.8 Å². The minimum Gasteiger partial charge on any atom is -0.505 e. The number of carbonyl (C=O) groups is 1. The first kappa shape index (κ1) is 12.0. The highest BCUT2D eigenvalue weighted by molar-refractivity contribution is 5.94. The van der Waals surface area contributed by atoms with Crippen molar-refractivity contribution in [2.75, 3.05) is 13.1 Å². The highest BCUT2D eigenvalue weighted by Gasteiger charge is 2.18. The van der Waals surface area contributed by atoms with Crippen LogP contribution in [0.5, 0.6) is 5.75 Å². The lowest BCUT2D eigenvalue weighted by atomic mass is 10.2. The van der Waals surface area contributed by atoms with E-state index >= 15 is 0 Å². The Hall–Kier alpha value is -2.09. The van der Waals surface area contributed by atoms with Crippen molar-refractivity contribution >= 4 is 5.91 Å². The number of pyridine rings is 1. The zero-order valence-electron chi connectivity index (χ0n) is 9.05. The van der Waals surface area contributed by atoms with E-state index < -0.39 is 0 Å². The molecular weight excluding hydrogens is 206 g/mol. The summed E-state index contributed by atoms with van der Waals surface area (Å²) in [5.41, 5.74) is 0.0299. The lowest BCUT2D eigenvalue weighted by Gasteiger charge is -2.19. The molecule has 0 fully saturated rings. The molecule has 0 unspecified atom stereocenters. The molecule has 0 atom stereocenters. The smallest absolute Gasteiger partial charge is 0.276 e. The van der Waals surface area contributed by atoms with E-state index in [0.717, 1.165) is 0 Å². The highest BCUT2D eigenvalue weighted by atomic mass is 16.3. The molecule has 84 valence electrons. The second-order valence-corrected chi connectivity index (χ2v) is 3.16. The molecule has 5 heteroatoms. The summed E-state index contributed by atoms with van der Waals surface area (Å²) in [4.78, 5) is 17.2. The maximum Gasteiger partial charge on any atom is 0.276 e. The number of nitrogens with zero attached hydrogens (tertiary/aromatic N) is 3. The lowest BCUT2D eigenvalue weighted by molar-refractivity contribution is 0.0758. The predicted molar refractivity (Wildman–Crippen MR) is 57.7 cm³/mol. The molecule has 0 aliphatic heterocycles. The molecule has 5 nitrogen and oxygen atoms in total. The Morgan fingerprint density at radius 1 is 1.69 bits per heavy atom. The van der Waals surface area contributed by atoms with Crippen LogP contribution in [0.25, 0.3) is 0 Å². The maximum atomic E-state index is 11.9. The fourth-order valence-corrected chi connectivity index (χ4v) is 1.30. The van der Waals surface area contributed by atoms with Crippen molar-refractivity contribution in [1.29, 1.82) is 5.26 Å². The zero-order chi connectivity index (χ0) is 12.0. The van der Waals surface area contributed by atoms with Gasteiger partial charge in [0.05, 0.1) is 12.5 Å². The van der Waals surface area contributed by atoms with E-state index in [-0.39, 0.29) is 23.8 Å². The number of hydrogen-bond acceptors (Lipinski definition) is 4. The first-order valence-electron chi connectivity index (χ1n) is 5.01. The van der Waals surface area contributed by atoms with E-state index in [2.05, 4.69) is 4.98 Å². The van der Waals surface area contributed by atoms with Crippen molar-refractivity contribution in [3.05, 3.63) is 24.0 Å². The molecular formula is C11H13N3O2. The molecule has 0 radical (unpaired) electrons. The molecule has 1 heterocycles. The van der Waals surface area contributed by atoms with Crippen molar-refractivity contribution < 1.29 is 9.90 Å². The van der Waals surface area contributed by atoms with E-state index in [1.807, 2.05) is 13.0 Å². The molecule has 0 aromatic carbocycles. The molecule has 0 bridgehead atoms. The third-order valence-electron chi connectivity index (χ3n) is 2.15. The maximum absolute atomic E-state index is 11.9. The van der Waals surface area contributed by atoms with Gasteiger partial charge in [-0.15, -0.1) is 0 Å². The topological polar surface area (TPSA) is 77.2 Å². The van der Waals surface area contributed by atoms with Crippen LogP contribution in [0.3, 0.4) is 0 Å². The Labute approximate surface area is 93.9 Å². The average Bonchev–Trinajstić information content (AvgIpc) is 2.30. The van der Waals surface area contributed by atoms with Crippen LogP contribution < -0.4 is 0 Å². The number of hydrogen-bond donors (Lipinski definition) is 1. The van der Waals surface area contributed by atoms with Crippen molar-refractivity contribution in [1.82, 2.24) is 9.88 Å². The first-order chi connectivity index (χ1) is 7.70. The first-order valence-corrected chi connectivity index (χ1v) is 5.01. The number of amides is 1. The lowest BCUT2D eigenvalue weighted by Crippen LogP contribution is -2.32. The van der Waals surface area contributed by atoms with Gasteiger partial charge < -0.3 is 10.0 Å². The molecule has 1 amide bonds. The van der Waals surface area contributed by atoms with Gasteiger partial charge in [0, 0.05) is 19.3 Å². The van der Waals surface area contributed by atoms with Gasteiger partial charge in [0.15, 0.2) is 5.69 Å². The van der Waals surface area contributed by atoms with Crippen LogP contribution in [-0.4, -0.2) is 34.0 Å². The van der Waals surface area contributed by atoms with Crippen LogP contribution in [0.15, 0.2) is 18.3 Å². The van der Waals surface area contributed by atoms with Crippen LogP contribution in [0.4, 0.5) is 0 Å². The third-order valence-corrected chi connectivity index (χ3v) is 2.15. The molecule has 1 aromatic heterocycles. The van der Waals surface area contributed by atoms with Crippen LogP contribution in [0.2, 0.25) is 0 Å². The third kappa shape index (κ3) is 2.70. The summed E-state index contributed by atoms with van der Waals surface area (Å²) < 4.78 is 0. The SMILES string of the molecule is CCN(CCC#N)C(=O)c1ncccc1O. The Morgan fingerprint density at radius 3 is 3.00 bits per heavy atom. The van der Waals surface area contributed by atoms with Crippen LogP contribution >= 0.6 is 0 Å². The average molecular weight is 219 g/mol. The van der Waals surface area contributed by atoms with Gasteiger partial charge in [0.25, 0.3) is 5.91 Å². The van der Waals surface area contributed by atoms with E-state index in [0.29, 0.717) is 13.1 Å². The number of rotatable bonds is 4. The van der Waals surface area contributed by atoms with Gasteiger partial charge in [-0.05, 0) is 19.1 Å². The van der Waals surface area contributed by atoms with E-state index in [1.165, 1.54) is 17.2 Å². The largest absolute Gasteiger partial charge is 0.505 e. The quantitative estimate of drug-likeness (QED) is 0.824. The van der Waals surface area contributed by atoms with Gasteiger partial charge in [-0.2, -0.15) is 5.26 Å². The number of aromatic hydroxyl groups is 1. The number of nitriles is 1. The summed E-state index contributed by atoms with van der Waals surface area (Å²) >= 11 is 0. The minimum atomic E-state index is -0.351.